The number of fused-ring (bicyclic) bond motifs is 1. The highest BCUT2D eigenvalue weighted by molar-refractivity contribution is 7.89. The summed E-state index contributed by atoms with van der Waals surface area (Å²) in [6.45, 7) is 1.65. The lowest BCUT2D eigenvalue weighted by Crippen LogP contribution is -2.40. The van der Waals surface area contributed by atoms with Gasteiger partial charge in [0.25, 0.3) is 5.91 Å². The Bertz CT molecular complexity index is 970. The van der Waals surface area contributed by atoms with E-state index >= 15 is 0 Å². The van der Waals surface area contributed by atoms with Crippen LogP contribution < -0.4 is 14.8 Å². The van der Waals surface area contributed by atoms with E-state index in [0.29, 0.717) is 36.8 Å². The van der Waals surface area contributed by atoms with Crippen LogP contribution in [0.25, 0.3) is 0 Å². The number of benzene rings is 2. The topological polar surface area (TPSA) is 84.9 Å². The Morgan fingerprint density at radius 1 is 1.07 bits per heavy atom. The molecule has 2 aliphatic rings. The summed E-state index contributed by atoms with van der Waals surface area (Å²) in [5, 5.41) is 2.80. The Hall–Kier alpha value is -2.58. The van der Waals surface area contributed by atoms with Crippen LogP contribution in [-0.4, -0.2) is 51.0 Å². The second-order valence-electron chi connectivity index (χ2n) is 6.85. The number of ether oxygens (including phenoxy) is 2. The number of nitrogens with one attached hydrogen (secondary N) is 1. The zero-order valence-corrected chi connectivity index (χ0v) is 16.2. The fourth-order valence-corrected chi connectivity index (χ4v) is 4.91. The van der Waals surface area contributed by atoms with Crippen molar-refractivity contribution in [3.63, 3.8) is 0 Å². The molecule has 0 aromatic heterocycles. The van der Waals surface area contributed by atoms with Gasteiger partial charge in [-0.05, 0) is 43.2 Å². The van der Waals surface area contributed by atoms with Gasteiger partial charge in [0.2, 0.25) is 10.0 Å². The monoisotopic (exact) mass is 402 g/mol. The van der Waals surface area contributed by atoms with E-state index in [9.17, 15) is 13.2 Å². The molecule has 4 rings (SSSR count). The largest absolute Gasteiger partial charge is 0.486 e. The highest BCUT2D eigenvalue weighted by atomic mass is 32.2. The Balaban J connectivity index is 1.40. The number of para-hydroxylation sites is 2. The van der Waals surface area contributed by atoms with Gasteiger partial charge in [-0.15, -0.1) is 0 Å². The molecule has 7 nitrogen and oxygen atoms in total. The van der Waals surface area contributed by atoms with E-state index in [-0.39, 0.29) is 23.5 Å². The molecule has 148 valence electrons. The molecule has 0 unspecified atom stereocenters. The number of hydrogen-bond acceptors (Lipinski definition) is 5. The van der Waals surface area contributed by atoms with Crippen molar-refractivity contribution < 1.29 is 22.7 Å². The summed E-state index contributed by atoms with van der Waals surface area (Å²) < 4.78 is 38.3. The number of carbonyl (C=O) groups excluding carboxylic acids is 1. The van der Waals surface area contributed by atoms with Gasteiger partial charge in [-0.1, -0.05) is 18.2 Å². The summed E-state index contributed by atoms with van der Waals surface area (Å²) in [5.74, 6) is 0.984. The van der Waals surface area contributed by atoms with E-state index in [4.69, 9.17) is 9.47 Å². The zero-order valence-electron chi connectivity index (χ0n) is 15.3. The summed E-state index contributed by atoms with van der Waals surface area (Å²) in [6.07, 6.45) is 1.42. The van der Waals surface area contributed by atoms with Crippen molar-refractivity contribution in [1.82, 2.24) is 9.62 Å². The maximum absolute atomic E-state index is 12.7. The molecular formula is C20H22N2O5S. The van der Waals surface area contributed by atoms with Crippen LogP contribution in [0, 0.1) is 0 Å². The van der Waals surface area contributed by atoms with Crippen LogP contribution in [0.5, 0.6) is 11.5 Å². The quantitative estimate of drug-likeness (QED) is 0.827. The minimum absolute atomic E-state index is 0.147. The van der Waals surface area contributed by atoms with E-state index in [1.807, 2.05) is 24.3 Å². The first-order valence-electron chi connectivity index (χ1n) is 9.31. The van der Waals surface area contributed by atoms with E-state index < -0.39 is 10.0 Å². The molecule has 0 spiro atoms. The van der Waals surface area contributed by atoms with Crippen molar-refractivity contribution in [1.29, 1.82) is 0 Å². The van der Waals surface area contributed by atoms with Gasteiger partial charge in [0.05, 0.1) is 11.4 Å². The summed E-state index contributed by atoms with van der Waals surface area (Å²) >= 11 is 0. The van der Waals surface area contributed by atoms with Gasteiger partial charge in [-0.2, -0.15) is 4.31 Å². The first-order chi connectivity index (χ1) is 13.5. The number of carbonyl (C=O) groups is 1. The molecule has 8 heteroatoms. The second-order valence-corrected chi connectivity index (χ2v) is 8.78. The van der Waals surface area contributed by atoms with Gasteiger partial charge in [0.1, 0.15) is 12.7 Å². The summed E-state index contributed by atoms with van der Waals surface area (Å²) in [7, 11) is -3.55. The average Bonchev–Trinajstić information content (AvgIpc) is 3.28. The Labute approximate surface area is 164 Å². The van der Waals surface area contributed by atoms with Crippen molar-refractivity contribution in [2.75, 3.05) is 26.2 Å². The van der Waals surface area contributed by atoms with Crippen LogP contribution in [0.1, 0.15) is 23.2 Å². The van der Waals surface area contributed by atoms with E-state index in [2.05, 4.69) is 5.32 Å². The smallest absolute Gasteiger partial charge is 0.251 e. The molecule has 2 heterocycles. The molecule has 2 aromatic carbocycles. The van der Waals surface area contributed by atoms with Gasteiger partial charge in [-0.25, -0.2) is 8.42 Å². The predicted octanol–water partition coefficient (Wildman–Crippen LogP) is 2.04. The molecule has 1 saturated heterocycles. The summed E-state index contributed by atoms with van der Waals surface area (Å²) in [6, 6.07) is 13.5. The summed E-state index contributed by atoms with van der Waals surface area (Å²) in [4.78, 5) is 12.7. The molecule has 2 aliphatic heterocycles. The fraction of sp³-hybridized carbons (Fsp3) is 0.350. The van der Waals surface area contributed by atoms with Gasteiger partial charge < -0.3 is 14.8 Å². The molecule has 2 aromatic rings. The zero-order chi connectivity index (χ0) is 19.6. The summed E-state index contributed by atoms with van der Waals surface area (Å²) in [5.41, 5.74) is 0.303. The highest BCUT2D eigenvalue weighted by Gasteiger charge is 2.28. The number of nitrogens with zero attached hydrogens (tertiary/aromatic N) is 1. The molecule has 1 amide bonds. The van der Waals surface area contributed by atoms with Crippen LogP contribution in [0.3, 0.4) is 0 Å². The van der Waals surface area contributed by atoms with Gasteiger partial charge in [0.15, 0.2) is 11.5 Å². The molecule has 28 heavy (non-hydrogen) atoms. The van der Waals surface area contributed by atoms with Crippen LogP contribution in [0.15, 0.2) is 53.4 Å². The van der Waals surface area contributed by atoms with Crippen LogP contribution in [-0.2, 0) is 10.0 Å². The lowest BCUT2D eigenvalue weighted by molar-refractivity contribution is 0.0789. The number of rotatable bonds is 5. The maximum atomic E-state index is 12.7. The van der Waals surface area contributed by atoms with Crippen molar-refractivity contribution in [3.05, 3.63) is 54.1 Å². The SMILES string of the molecule is O=C(NC[C@@H]1COc2ccccc2O1)c1cccc(S(=O)(=O)N2CCCC2)c1. The average molecular weight is 402 g/mol. The Morgan fingerprint density at radius 2 is 1.82 bits per heavy atom. The minimum Gasteiger partial charge on any atom is -0.486 e. The molecule has 0 bridgehead atoms. The molecule has 0 radical (unpaired) electrons. The van der Waals surface area contributed by atoms with E-state index in [1.54, 1.807) is 12.1 Å². The van der Waals surface area contributed by atoms with Crippen LogP contribution in [0.4, 0.5) is 0 Å². The first-order valence-corrected chi connectivity index (χ1v) is 10.7. The van der Waals surface area contributed by atoms with Gasteiger partial charge in [0, 0.05) is 18.7 Å². The molecule has 0 aliphatic carbocycles. The Morgan fingerprint density at radius 3 is 2.61 bits per heavy atom. The van der Waals surface area contributed by atoms with Crippen LogP contribution in [0.2, 0.25) is 0 Å². The third-order valence-corrected chi connectivity index (χ3v) is 6.75. The molecule has 1 fully saturated rings. The highest BCUT2D eigenvalue weighted by Crippen LogP contribution is 2.30. The maximum Gasteiger partial charge on any atom is 0.251 e. The van der Waals surface area contributed by atoms with Crippen molar-refractivity contribution >= 4 is 15.9 Å². The second kappa shape index (κ2) is 7.81. The normalized spacial score (nSPS) is 19.4. The Kier molecular flexibility index (Phi) is 5.23. The van der Waals surface area contributed by atoms with Crippen molar-refractivity contribution in [3.8, 4) is 11.5 Å². The number of amides is 1. The minimum atomic E-state index is -3.55. The van der Waals surface area contributed by atoms with E-state index in [1.165, 1.54) is 16.4 Å². The third-order valence-electron chi connectivity index (χ3n) is 4.86. The third kappa shape index (κ3) is 3.83. The first kappa shape index (κ1) is 18.8. The molecular weight excluding hydrogens is 380 g/mol. The molecule has 1 atom stereocenters. The lowest BCUT2D eigenvalue weighted by atomic mass is 10.2. The van der Waals surface area contributed by atoms with Gasteiger partial charge >= 0.3 is 0 Å². The van der Waals surface area contributed by atoms with Crippen molar-refractivity contribution in [2.24, 2.45) is 0 Å². The van der Waals surface area contributed by atoms with Crippen molar-refractivity contribution in [2.45, 2.75) is 23.8 Å². The predicted molar refractivity (Wildman–Crippen MR) is 103 cm³/mol. The molecule has 0 saturated carbocycles. The molecule has 1 N–H and O–H groups in total. The fourth-order valence-electron chi connectivity index (χ4n) is 3.35. The van der Waals surface area contributed by atoms with Crippen LogP contribution >= 0.6 is 0 Å². The van der Waals surface area contributed by atoms with Gasteiger partial charge in [-0.3, -0.25) is 4.79 Å². The standard InChI is InChI=1S/C20H22N2O5S/c23-20(21-13-16-14-26-18-8-1-2-9-19(18)27-16)15-6-5-7-17(12-15)28(24,25)22-10-3-4-11-22/h1-2,5-9,12,16H,3-4,10-11,13-14H2,(H,21,23)/t16-/m1/s1. The van der Waals surface area contributed by atoms with E-state index in [0.717, 1.165) is 12.8 Å². The number of hydrogen-bond donors (Lipinski definition) is 1. The lowest BCUT2D eigenvalue weighted by Gasteiger charge is -2.26. The number of sulfonamides is 1.